The summed E-state index contributed by atoms with van der Waals surface area (Å²) in [5, 5.41) is 30.9. The van der Waals surface area contributed by atoms with Crippen molar-refractivity contribution in [2.45, 2.75) is 243 Å². The van der Waals surface area contributed by atoms with Gasteiger partial charge in [0.25, 0.3) is 10.1 Å². The quantitative estimate of drug-likeness (QED) is 0.0149. The fraction of sp³-hybridized carbons (Fsp3) is 0.804. The number of carbonyl (C=O) groups excluding carboxylic acids is 2. The molecule has 0 spiro atoms. The fourth-order valence-corrected chi connectivity index (χ4v) is 8.25. The first-order chi connectivity index (χ1) is 31.0. The maximum absolute atomic E-state index is 12.8. The molecular formula is C51H90O12S. The summed E-state index contributed by atoms with van der Waals surface area (Å²) < 4.78 is 54.1. The Bertz CT molecular complexity index is 1360. The molecule has 6 atom stereocenters. The summed E-state index contributed by atoms with van der Waals surface area (Å²) in [6.07, 6.45) is 40.2. The molecule has 0 radical (unpaired) electrons. The third kappa shape index (κ3) is 34.9. The molecule has 1 aliphatic heterocycles. The van der Waals surface area contributed by atoms with Crippen molar-refractivity contribution < 1.29 is 56.8 Å². The summed E-state index contributed by atoms with van der Waals surface area (Å²) in [6.45, 7) is 3.62. The predicted octanol–water partition coefficient (Wildman–Crippen LogP) is 11.1. The number of allylic oxidation sites excluding steroid dienone is 8. The number of hydrogen-bond donors (Lipinski definition) is 4. The van der Waals surface area contributed by atoms with E-state index in [4.69, 9.17) is 18.9 Å². The van der Waals surface area contributed by atoms with E-state index in [-0.39, 0.29) is 19.4 Å². The third-order valence-corrected chi connectivity index (χ3v) is 12.2. The SMILES string of the molecule is CC/C=C/C=C/C=C/CCCCCCCC(=O)OC(COC(=O)CCCCCCCCC/C=C/CCCCCCCCCCCCCC)CO[C@H]1O[C@H](CS(=O)(=O)O)[C@@H](O)C(O)C1O. The van der Waals surface area contributed by atoms with Gasteiger partial charge in [-0.15, -0.1) is 0 Å². The molecule has 13 heteroatoms. The molecule has 0 saturated carbocycles. The monoisotopic (exact) mass is 927 g/mol. The molecule has 372 valence electrons. The highest BCUT2D eigenvalue weighted by Gasteiger charge is 2.46. The minimum Gasteiger partial charge on any atom is -0.462 e. The summed E-state index contributed by atoms with van der Waals surface area (Å²) in [5.41, 5.74) is 0. The van der Waals surface area contributed by atoms with E-state index in [1.807, 2.05) is 24.3 Å². The van der Waals surface area contributed by atoms with E-state index in [1.54, 1.807) is 0 Å². The van der Waals surface area contributed by atoms with Crippen LogP contribution in [-0.2, 0) is 38.7 Å². The van der Waals surface area contributed by atoms with Gasteiger partial charge in [0.1, 0.15) is 36.8 Å². The van der Waals surface area contributed by atoms with Gasteiger partial charge in [-0.05, 0) is 57.8 Å². The minimum atomic E-state index is -4.61. The lowest BCUT2D eigenvalue weighted by Gasteiger charge is -2.40. The van der Waals surface area contributed by atoms with Crippen LogP contribution in [0.4, 0.5) is 0 Å². The van der Waals surface area contributed by atoms with Gasteiger partial charge >= 0.3 is 11.9 Å². The summed E-state index contributed by atoms with van der Waals surface area (Å²) in [7, 11) is -4.61. The molecule has 1 rings (SSSR count). The van der Waals surface area contributed by atoms with Gasteiger partial charge in [-0.3, -0.25) is 14.1 Å². The van der Waals surface area contributed by atoms with Crippen molar-refractivity contribution in [3.05, 3.63) is 48.6 Å². The molecule has 1 aliphatic rings. The highest BCUT2D eigenvalue weighted by Crippen LogP contribution is 2.24. The van der Waals surface area contributed by atoms with Crippen LogP contribution in [0, 0.1) is 0 Å². The molecule has 4 N–H and O–H groups in total. The first-order valence-electron chi connectivity index (χ1n) is 25.2. The van der Waals surface area contributed by atoms with Gasteiger partial charge in [-0.25, -0.2) is 0 Å². The smallest absolute Gasteiger partial charge is 0.306 e. The zero-order chi connectivity index (χ0) is 46.9. The zero-order valence-electron chi connectivity index (χ0n) is 39.9. The Balaban J connectivity index is 2.34. The Labute approximate surface area is 388 Å². The molecule has 0 amide bonds. The number of esters is 2. The van der Waals surface area contributed by atoms with Crippen molar-refractivity contribution >= 4 is 22.1 Å². The fourth-order valence-electron chi connectivity index (χ4n) is 7.55. The van der Waals surface area contributed by atoms with Crippen LogP contribution in [-0.4, -0.2) is 96.0 Å². The van der Waals surface area contributed by atoms with Crippen molar-refractivity contribution in [2.75, 3.05) is 19.0 Å². The summed E-state index contributed by atoms with van der Waals surface area (Å²) >= 11 is 0. The molecular weight excluding hydrogens is 837 g/mol. The maximum atomic E-state index is 12.8. The number of unbranched alkanes of at least 4 members (excludes halogenated alkanes) is 24. The molecule has 0 bridgehead atoms. The molecule has 0 aliphatic carbocycles. The van der Waals surface area contributed by atoms with E-state index in [1.165, 1.54) is 103 Å². The lowest BCUT2D eigenvalue weighted by Crippen LogP contribution is -2.60. The Morgan fingerprint density at radius 2 is 1.00 bits per heavy atom. The maximum Gasteiger partial charge on any atom is 0.306 e. The minimum absolute atomic E-state index is 0.139. The second-order valence-corrected chi connectivity index (χ2v) is 19.0. The zero-order valence-corrected chi connectivity index (χ0v) is 40.7. The molecule has 0 aromatic rings. The van der Waals surface area contributed by atoms with Gasteiger partial charge in [0.2, 0.25) is 0 Å². The first kappa shape index (κ1) is 59.6. The van der Waals surface area contributed by atoms with Crippen LogP contribution < -0.4 is 0 Å². The molecule has 1 fully saturated rings. The molecule has 3 unspecified atom stereocenters. The van der Waals surface area contributed by atoms with Gasteiger partial charge in [-0.1, -0.05) is 184 Å². The van der Waals surface area contributed by atoms with E-state index in [0.717, 1.165) is 64.2 Å². The van der Waals surface area contributed by atoms with Gasteiger partial charge < -0.3 is 34.3 Å². The van der Waals surface area contributed by atoms with E-state index < -0.39 is 71.2 Å². The van der Waals surface area contributed by atoms with Gasteiger partial charge in [-0.2, -0.15) is 8.42 Å². The van der Waals surface area contributed by atoms with Crippen LogP contribution >= 0.6 is 0 Å². The van der Waals surface area contributed by atoms with Crippen molar-refractivity contribution in [3.63, 3.8) is 0 Å². The number of aliphatic hydroxyl groups is 3. The highest BCUT2D eigenvalue weighted by molar-refractivity contribution is 7.85. The van der Waals surface area contributed by atoms with Gasteiger partial charge in [0, 0.05) is 12.8 Å². The van der Waals surface area contributed by atoms with E-state index in [9.17, 15) is 37.9 Å². The van der Waals surface area contributed by atoms with Crippen LogP contribution in [0.15, 0.2) is 48.6 Å². The highest BCUT2D eigenvalue weighted by atomic mass is 32.2. The van der Waals surface area contributed by atoms with Crippen LogP contribution in [0.5, 0.6) is 0 Å². The molecule has 0 aromatic carbocycles. The first-order valence-corrected chi connectivity index (χ1v) is 26.8. The Morgan fingerprint density at radius 3 is 1.50 bits per heavy atom. The Kier molecular flexibility index (Phi) is 38.1. The second kappa shape index (κ2) is 40.8. The van der Waals surface area contributed by atoms with Crippen molar-refractivity contribution in [1.82, 2.24) is 0 Å². The van der Waals surface area contributed by atoms with Crippen LogP contribution in [0.2, 0.25) is 0 Å². The number of rotatable bonds is 42. The van der Waals surface area contributed by atoms with E-state index in [2.05, 4.69) is 38.2 Å². The third-order valence-electron chi connectivity index (χ3n) is 11.5. The van der Waals surface area contributed by atoms with Crippen molar-refractivity contribution in [1.29, 1.82) is 0 Å². The Hall–Kier alpha value is -2.39. The largest absolute Gasteiger partial charge is 0.462 e. The number of ether oxygens (including phenoxy) is 4. The van der Waals surface area contributed by atoms with Crippen LogP contribution in [0.1, 0.15) is 206 Å². The topological polar surface area (TPSA) is 186 Å². The summed E-state index contributed by atoms with van der Waals surface area (Å²) in [4.78, 5) is 25.5. The van der Waals surface area contributed by atoms with Gasteiger partial charge in [0.15, 0.2) is 12.4 Å². The molecule has 1 heterocycles. The summed E-state index contributed by atoms with van der Waals surface area (Å²) in [6, 6.07) is 0. The molecule has 1 saturated heterocycles. The number of aliphatic hydroxyl groups excluding tert-OH is 3. The standard InChI is InChI=1S/C51H90O12S/c1-3-5-7-9-11-13-15-17-18-19-20-21-22-23-24-25-26-28-29-31-33-35-37-39-46(52)60-41-44(42-61-51-50(56)49(55)48(54)45(63-51)43-64(57,58)59)62-47(53)40-38-36-34-32-30-27-16-14-12-10-8-6-4-2/h6,8,10,12,14,16,23-24,44-45,48-51,54-56H,3-5,7,9,11,13,15,17-22,25-43H2,1-2H3,(H,57,58,59)/b8-6+,12-10+,16-14+,24-23+/t44?,45-,48-,49?,50?,51+/m1/s1. The molecule has 64 heavy (non-hydrogen) atoms. The lowest BCUT2D eigenvalue weighted by molar-refractivity contribution is -0.297. The molecule has 0 aromatic heterocycles. The molecule has 12 nitrogen and oxygen atoms in total. The van der Waals surface area contributed by atoms with E-state index >= 15 is 0 Å². The predicted molar refractivity (Wildman–Crippen MR) is 256 cm³/mol. The van der Waals surface area contributed by atoms with E-state index in [0.29, 0.717) is 12.8 Å². The lowest BCUT2D eigenvalue weighted by atomic mass is 10.00. The average molecular weight is 927 g/mol. The van der Waals surface area contributed by atoms with Gasteiger partial charge in [0.05, 0.1) is 6.61 Å². The van der Waals surface area contributed by atoms with Crippen molar-refractivity contribution in [2.24, 2.45) is 0 Å². The van der Waals surface area contributed by atoms with Crippen molar-refractivity contribution in [3.8, 4) is 0 Å². The number of hydrogen-bond acceptors (Lipinski definition) is 11. The van der Waals surface area contributed by atoms with Crippen LogP contribution in [0.25, 0.3) is 0 Å². The Morgan fingerprint density at radius 1 is 0.547 bits per heavy atom. The number of carbonyl (C=O) groups is 2. The van der Waals surface area contributed by atoms with Crippen LogP contribution in [0.3, 0.4) is 0 Å². The second-order valence-electron chi connectivity index (χ2n) is 17.5. The normalized spacial score (nSPS) is 20.0. The average Bonchev–Trinajstić information content (AvgIpc) is 3.26. The summed E-state index contributed by atoms with van der Waals surface area (Å²) in [5.74, 6) is -2.01.